The van der Waals surface area contributed by atoms with Crippen LogP contribution in [0, 0.1) is 0 Å². The van der Waals surface area contributed by atoms with Crippen LogP contribution in [0.4, 0.5) is 0 Å². The van der Waals surface area contributed by atoms with E-state index < -0.39 is 0 Å². The van der Waals surface area contributed by atoms with Gasteiger partial charge in [0, 0.05) is 41.9 Å². The standard InChI is InChI=1S/C24H28ClN3O2.C2H6/c1-23(2,3)17-12-18(15-6-8-16(25)9-7-15)27-19-13-20(30-21(17)19)22(29)28-11-10-26-14-24(28,4)5;1-2/h6-9,12-13,26H,10-11,14H2,1-5H3;1-2H3. The van der Waals surface area contributed by atoms with E-state index in [-0.39, 0.29) is 16.9 Å². The van der Waals surface area contributed by atoms with E-state index >= 15 is 0 Å². The Balaban J connectivity index is 0.00000141. The zero-order chi connectivity index (χ0) is 23.7. The summed E-state index contributed by atoms with van der Waals surface area (Å²) in [6.45, 7) is 16.7. The number of nitrogens with zero attached hydrogens (tertiary/aromatic N) is 2. The van der Waals surface area contributed by atoms with Crippen molar-refractivity contribution in [3.8, 4) is 11.3 Å². The lowest BCUT2D eigenvalue weighted by atomic mass is 9.86. The third-order valence-corrected chi connectivity index (χ3v) is 5.94. The zero-order valence-corrected chi connectivity index (χ0v) is 20.9. The van der Waals surface area contributed by atoms with Crippen molar-refractivity contribution >= 4 is 28.6 Å². The van der Waals surface area contributed by atoms with E-state index in [1.807, 2.05) is 43.0 Å². The summed E-state index contributed by atoms with van der Waals surface area (Å²) in [4.78, 5) is 20.0. The van der Waals surface area contributed by atoms with Crippen LogP contribution in [0.25, 0.3) is 22.4 Å². The van der Waals surface area contributed by atoms with Gasteiger partial charge in [-0.15, -0.1) is 0 Å². The number of carbonyl (C=O) groups is 1. The predicted octanol–water partition coefficient (Wildman–Crippen LogP) is 6.30. The molecule has 172 valence electrons. The van der Waals surface area contributed by atoms with Crippen molar-refractivity contribution in [2.24, 2.45) is 0 Å². The van der Waals surface area contributed by atoms with Crippen LogP contribution in [0.2, 0.25) is 5.02 Å². The number of nitrogens with one attached hydrogen (secondary N) is 1. The first-order chi connectivity index (χ1) is 15.1. The first kappa shape index (κ1) is 24.3. The Morgan fingerprint density at radius 1 is 1.16 bits per heavy atom. The number of benzene rings is 1. The molecule has 3 aromatic rings. The second kappa shape index (κ2) is 9.24. The number of carbonyl (C=O) groups excluding carboxylic acids is 1. The van der Waals surface area contributed by atoms with E-state index in [1.54, 1.807) is 6.07 Å². The number of amides is 1. The first-order valence-corrected chi connectivity index (χ1v) is 11.7. The fourth-order valence-electron chi connectivity index (χ4n) is 3.95. The molecule has 0 saturated carbocycles. The number of halogens is 1. The van der Waals surface area contributed by atoms with Gasteiger partial charge in [-0.1, -0.05) is 58.4 Å². The van der Waals surface area contributed by atoms with Gasteiger partial charge < -0.3 is 14.6 Å². The molecule has 1 amide bonds. The molecule has 1 aliphatic rings. The summed E-state index contributed by atoms with van der Waals surface area (Å²) in [5, 5.41) is 4.04. The molecule has 0 spiro atoms. The van der Waals surface area contributed by atoms with Gasteiger partial charge in [0.1, 0.15) is 5.52 Å². The zero-order valence-electron chi connectivity index (χ0n) is 20.2. The summed E-state index contributed by atoms with van der Waals surface area (Å²) < 4.78 is 6.15. The first-order valence-electron chi connectivity index (χ1n) is 11.3. The van der Waals surface area contributed by atoms with E-state index in [0.717, 1.165) is 29.9 Å². The molecule has 0 radical (unpaired) electrons. The highest BCUT2D eigenvalue weighted by molar-refractivity contribution is 6.30. The maximum atomic E-state index is 13.3. The van der Waals surface area contributed by atoms with Crippen molar-refractivity contribution in [2.45, 2.75) is 59.4 Å². The third kappa shape index (κ3) is 4.84. The van der Waals surface area contributed by atoms with Gasteiger partial charge in [-0.3, -0.25) is 4.79 Å². The van der Waals surface area contributed by atoms with E-state index in [1.165, 1.54) is 0 Å². The highest BCUT2D eigenvalue weighted by atomic mass is 35.5. The molecule has 3 heterocycles. The SMILES string of the molecule is CC.CC(C)(C)c1cc(-c2ccc(Cl)cc2)nc2cc(C(=O)N3CCNCC3(C)C)oc12. The topological polar surface area (TPSA) is 58.4 Å². The third-order valence-electron chi connectivity index (χ3n) is 5.68. The lowest BCUT2D eigenvalue weighted by Crippen LogP contribution is -2.59. The summed E-state index contributed by atoms with van der Waals surface area (Å²) in [5.74, 6) is 0.249. The molecule has 0 atom stereocenters. The molecule has 4 rings (SSSR count). The number of pyridine rings is 1. The van der Waals surface area contributed by atoms with Crippen LogP contribution in [-0.2, 0) is 5.41 Å². The van der Waals surface area contributed by atoms with E-state index in [2.05, 4.69) is 46.0 Å². The highest BCUT2D eigenvalue weighted by Gasteiger charge is 2.35. The van der Waals surface area contributed by atoms with Crippen LogP contribution in [0.1, 0.15) is 64.6 Å². The molecular formula is C26H34ClN3O2. The van der Waals surface area contributed by atoms with Crippen molar-refractivity contribution in [2.75, 3.05) is 19.6 Å². The van der Waals surface area contributed by atoms with Gasteiger partial charge in [0.15, 0.2) is 11.3 Å². The average Bonchev–Trinajstić information content (AvgIpc) is 3.17. The summed E-state index contributed by atoms with van der Waals surface area (Å²) in [7, 11) is 0. The Labute approximate surface area is 196 Å². The summed E-state index contributed by atoms with van der Waals surface area (Å²) in [5.41, 5.74) is 3.77. The van der Waals surface area contributed by atoms with Crippen LogP contribution >= 0.6 is 11.6 Å². The molecule has 1 aliphatic heterocycles. The van der Waals surface area contributed by atoms with Gasteiger partial charge in [-0.25, -0.2) is 4.98 Å². The minimum Gasteiger partial charge on any atom is -0.449 e. The number of fused-ring (bicyclic) bond motifs is 1. The summed E-state index contributed by atoms with van der Waals surface area (Å²) >= 11 is 6.05. The maximum Gasteiger partial charge on any atom is 0.290 e. The molecular weight excluding hydrogens is 422 g/mol. The minimum absolute atomic E-state index is 0.0904. The Hall–Kier alpha value is -2.37. The fraction of sp³-hybridized carbons (Fsp3) is 0.462. The molecule has 6 heteroatoms. The Morgan fingerprint density at radius 2 is 1.81 bits per heavy atom. The van der Waals surface area contributed by atoms with Crippen LogP contribution in [0.15, 0.2) is 40.8 Å². The number of rotatable bonds is 2. The van der Waals surface area contributed by atoms with E-state index in [9.17, 15) is 4.79 Å². The summed E-state index contributed by atoms with van der Waals surface area (Å²) in [6.07, 6.45) is 0. The number of hydrogen-bond donors (Lipinski definition) is 1. The normalized spacial score (nSPS) is 15.9. The van der Waals surface area contributed by atoms with E-state index in [0.29, 0.717) is 28.4 Å². The van der Waals surface area contributed by atoms with Gasteiger partial charge in [0.2, 0.25) is 0 Å². The fourth-order valence-corrected chi connectivity index (χ4v) is 4.07. The van der Waals surface area contributed by atoms with Crippen molar-refractivity contribution in [1.82, 2.24) is 15.2 Å². The molecule has 2 aromatic heterocycles. The van der Waals surface area contributed by atoms with Gasteiger partial charge in [0.25, 0.3) is 5.91 Å². The van der Waals surface area contributed by atoms with Crippen molar-refractivity contribution in [3.63, 3.8) is 0 Å². The van der Waals surface area contributed by atoms with E-state index in [4.69, 9.17) is 21.0 Å². The van der Waals surface area contributed by atoms with Crippen LogP contribution in [0.5, 0.6) is 0 Å². The monoisotopic (exact) mass is 455 g/mol. The Bertz CT molecular complexity index is 1090. The van der Waals surface area contributed by atoms with Gasteiger partial charge >= 0.3 is 0 Å². The average molecular weight is 456 g/mol. The number of furan rings is 1. The highest BCUT2D eigenvalue weighted by Crippen LogP contribution is 2.35. The second-order valence-electron chi connectivity index (χ2n) is 9.58. The molecule has 1 aromatic carbocycles. The second-order valence-corrected chi connectivity index (χ2v) is 10.0. The Morgan fingerprint density at radius 3 is 2.41 bits per heavy atom. The molecule has 5 nitrogen and oxygen atoms in total. The number of aromatic nitrogens is 1. The quantitative estimate of drug-likeness (QED) is 0.492. The van der Waals surface area contributed by atoms with Crippen LogP contribution in [-0.4, -0.2) is 41.0 Å². The predicted molar refractivity (Wildman–Crippen MR) is 132 cm³/mol. The maximum absolute atomic E-state index is 13.3. The largest absolute Gasteiger partial charge is 0.449 e. The van der Waals surface area contributed by atoms with Crippen LogP contribution < -0.4 is 5.32 Å². The molecule has 0 aliphatic carbocycles. The van der Waals surface area contributed by atoms with Gasteiger partial charge in [-0.2, -0.15) is 0 Å². The molecule has 1 N–H and O–H groups in total. The molecule has 1 saturated heterocycles. The smallest absolute Gasteiger partial charge is 0.290 e. The molecule has 0 unspecified atom stereocenters. The number of hydrogen-bond acceptors (Lipinski definition) is 4. The Kier molecular flexibility index (Phi) is 7.01. The lowest BCUT2D eigenvalue weighted by molar-refractivity contribution is 0.0448. The number of piperazine rings is 1. The van der Waals surface area contributed by atoms with Gasteiger partial charge in [0.05, 0.1) is 11.2 Å². The minimum atomic E-state index is -0.275. The van der Waals surface area contributed by atoms with Crippen molar-refractivity contribution in [1.29, 1.82) is 0 Å². The lowest BCUT2D eigenvalue weighted by Gasteiger charge is -2.42. The van der Waals surface area contributed by atoms with Crippen molar-refractivity contribution in [3.05, 3.63) is 52.7 Å². The van der Waals surface area contributed by atoms with Crippen molar-refractivity contribution < 1.29 is 9.21 Å². The summed E-state index contributed by atoms with van der Waals surface area (Å²) in [6, 6.07) is 11.5. The molecule has 32 heavy (non-hydrogen) atoms. The molecule has 1 fully saturated rings. The molecule has 0 bridgehead atoms. The van der Waals surface area contributed by atoms with Gasteiger partial charge in [-0.05, 0) is 37.5 Å². The van der Waals surface area contributed by atoms with Crippen LogP contribution in [0.3, 0.4) is 0 Å².